The maximum Gasteiger partial charge on any atom is 0.265 e. The van der Waals surface area contributed by atoms with Crippen LogP contribution in [0.15, 0.2) is 21.5 Å². The van der Waals surface area contributed by atoms with Crippen molar-refractivity contribution in [3.05, 3.63) is 39.6 Å². The Labute approximate surface area is 122 Å². The lowest BCUT2D eigenvalue weighted by atomic mass is 10.3. The summed E-state index contributed by atoms with van der Waals surface area (Å²) in [7, 11) is -4.13. The second kappa shape index (κ2) is 5.13. The second-order valence-electron chi connectivity index (χ2n) is 4.11. The third-order valence-electron chi connectivity index (χ3n) is 2.57. The minimum absolute atomic E-state index is 0.126. The number of aryl methyl sites for hydroxylation is 2. The fourth-order valence-corrected chi connectivity index (χ4v) is 3.61. The first-order chi connectivity index (χ1) is 9.22. The van der Waals surface area contributed by atoms with Gasteiger partial charge in [-0.1, -0.05) is 15.9 Å². The van der Waals surface area contributed by atoms with E-state index in [0.29, 0.717) is 0 Å². The third kappa shape index (κ3) is 2.68. The molecule has 0 aliphatic heterocycles. The highest BCUT2D eigenvalue weighted by molar-refractivity contribution is 9.10. The van der Waals surface area contributed by atoms with Crippen LogP contribution in [0.25, 0.3) is 0 Å². The van der Waals surface area contributed by atoms with Crippen molar-refractivity contribution in [3.8, 4) is 0 Å². The van der Waals surface area contributed by atoms with Gasteiger partial charge in [-0.05, 0) is 26.0 Å². The topological polar surface area (TPSA) is 74.8 Å². The molecule has 0 radical (unpaired) electrons. The molecule has 108 valence electrons. The van der Waals surface area contributed by atoms with Crippen LogP contribution in [0.4, 0.5) is 14.5 Å². The summed E-state index contributed by atoms with van der Waals surface area (Å²) in [6.07, 6.45) is 0. The van der Waals surface area contributed by atoms with Gasteiger partial charge in [0, 0.05) is 4.47 Å². The van der Waals surface area contributed by atoms with Crippen molar-refractivity contribution in [1.82, 2.24) is 10.2 Å². The van der Waals surface area contributed by atoms with Gasteiger partial charge in [0.25, 0.3) is 10.0 Å². The number of H-pyrrole nitrogens is 1. The molecule has 2 N–H and O–H groups in total. The Hall–Kier alpha value is -1.48. The number of benzene rings is 1. The molecule has 0 spiro atoms. The van der Waals surface area contributed by atoms with E-state index in [-0.39, 0.29) is 20.8 Å². The van der Waals surface area contributed by atoms with E-state index in [2.05, 4.69) is 26.1 Å². The zero-order valence-electron chi connectivity index (χ0n) is 10.5. The molecule has 2 rings (SSSR count). The van der Waals surface area contributed by atoms with Crippen molar-refractivity contribution in [1.29, 1.82) is 0 Å². The minimum atomic E-state index is -4.13. The molecular weight excluding hydrogens is 356 g/mol. The number of anilines is 1. The van der Waals surface area contributed by atoms with Gasteiger partial charge >= 0.3 is 0 Å². The summed E-state index contributed by atoms with van der Waals surface area (Å²) in [5, 5.41) is 6.25. The number of halogens is 3. The molecule has 20 heavy (non-hydrogen) atoms. The van der Waals surface area contributed by atoms with Gasteiger partial charge < -0.3 is 0 Å². The van der Waals surface area contributed by atoms with Crippen LogP contribution in [0.3, 0.4) is 0 Å². The summed E-state index contributed by atoms with van der Waals surface area (Å²) in [6.45, 7) is 2.98. The molecule has 0 aliphatic carbocycles. The van der Waals surface area contributed by atoms with Crippen LogP contribution in [0.2, 0.25) is 0 Å². The SMILES string of the molecule is Cc1n[nH]c(C)c1S(=O)(=O)Nc1c(F)cc(Br)cc1F. The second-order valence-corrected chi connectivity index (χ2v) is 6.65. The molecular formula is C11H10BrF2N3O2S. The molecule has 0 bridgehead atoms. The van der Waals surface area contributed by atoms with Gasteiger partial charge in [-0.25, -0.2) is 17.2 Å². The summed E-state index contributed by atoms with van der Waals surface area (Å²) in [6, 6.07) is 1.94. The molecule has 0 saturated heterocycles. The number of rotatable bonds is 3. The van der Waals surface area contributed by atoms with Gasteiger partial charge in [-0.2, -0.15) is 5.10 Å². The summed E-state index contributed by atoms with van der Waals surface area (Å²) in [4.78, 5) is -0.126. The highest BCUT2D eigenvalue weighted by Crippen LogP contribution is 2.27. The Kier molecular flexibility index (Phi) is 3.83. The van der Waals surface area contributed by atoms with Gasteiger partial charge in [-0.3, -0.25) is 9.82 Å². The summed E-state index contributed by atoms with van der Waals surface area (Å²) in [5.74, 6) is -2.03. The number of hydrogen-bond acceptors (Lipinski definition) is 3. The highest BCUT2D eigenvalue weighted by atomic mass is 79.9. The fourth-order valence-electron chi connectivity index (χ4n) is 1.76. The molecule has 0 aliphatic rings. The Morgan fingerprint density at radius 3 is 2.25 bits per heavy atom. The zero-order chi connectivity index (χ0) is 15.1. The number of hydrogen-bond donors (Lipinski definition) is 2. The van der Waals surface area contributed by atoms with E-state index < -0.39 is 27.3 Å². The summed E-state index contributed by atoms with van der Waals surface area (Å²) >= 11 is 2.92. The van der Waals surface area contributed by atoms with Crippen LogP contribution in [-0.4, -0.2) is 18.6 Å². The molecule has 0 fully saturated rings. The predicted molar refractivity (Wildman–Crippen MR) is 72.9 cm³/mol. The van der Waals surface area contributed by atoms with Gasteiger partial charge in [0.1, 0.15) is 10.6 Å². The van der Waals surface area contributed by atoms with Gasteiger partial charge in [-0.15, -0.1) is 0 Å². The van der Waals surface area contributed by atoms with Crippen molar-refractivity contribution >= 4 is 31.6 Å². The predicted octanol–water partition coefficient (Wildman–Crippen LogP) is 2.87. The van der Waals surface area contributed by atoms with Crippen molar-refractivity contribution in [2.24, 2.45) is 0 Å². The molecule has 1 aromatic carbocycles. The normalized spacial score (nSPS) is 11.7. The largest absolute Gasteiger partial charge is 0.281 e. The minimum Gasteiger partial charge on any atom is -0.281 e. The van der Waals surface area contributed by atoms with E-state index in [1.165, 1.54) is 13.8 Å². The van der Waals surface area contributed by atoms with E-state index in [1.54, 1.807) is 0 Å². The van der Waals surface area contributed by atoms with E-state index >= 15 is 0 Å². The first kappa shape index (κ1) is 14.9. The third-order valence-corrected chi connectivity index (χ3v) is 4.64. The lowest BCUT2D eigenvalue weighted by Gasteiger charge is -2.10. The smallest absolute Gasteiger partial charge is 0.265 e. The number of aromatic amines is 1. The van der Waals surface area contributed by atoms with Crippen LogP contribution in [0.1, 0.15) is 11.4 Å². The quantitative estimate of drug-likeness (QED) is 0.877. The Bertz CT molecular complexity index is 731. The zero-order valence-corrected chi connectivity index (χ0v) is 12.9. The van der Waals surface area contributed by atoms with Crippen molar-refractivity contribution in [2.45, 2.75) is 18.7 Å². The Morgan fingerprint density at radius 2 is 1.80 bits per heavy atom. The molecule has 0 unspecified atom stereocenters. The Morgan fingerprint density at radius 1 is 1.25 bits per heavy atom. The first-order valence-electron chi connectivity index (χ1n) is 5.41. The van der Waals surface area contributed by atoms with Crippen LogP contribution in [0, 0.1) is 25.5 Å². The van der Waals surface area contributed by atoms with Crippen LogP contribution in [-0.2, 0) is 10.0 Å². The molecule has 9 heteroatoms. The van der Waals surface area contributed by atoms with Crippen LogP contribution >= 0.6 is 15.9 Å². The molecule has 0 saturated carbocycles. The standard InChI is InChI=1S/C11H10BrF2N3O2S/c1-5-11(6(2)16-15-5)20(18,19)17-10-8(13)3-7(12)4-9(10)14/h3-4,17H,1-2H3,(H,15,16). The van der Waals surface area contributed by atoms with E-state index in [0.717, 1.165) is 12.1 Å². The van der Waals surface area contributed by atoms with Gasteiger partial charge in [0.2, 0.25) is 0 Å². The number of sulfonamides is 1. The lowest BCUT2D eigenvalue weighted by Crippen LogP contribution is -2.16. The van der Waals surface area contributed by atoms with Crippen LogP contribution in [0.5, 0.6) is 0 Å². The maximum absolute atomic E-state index is 13.7. The van der Waals surface area contributed by atoms with E-state index in [4.69, 9.17) is 0 Å². The number of nitrogens with zero attached hydrogens (tertiary/aromatic N) is 1. The average Bonchev–Trinajstić information content (AvgIpc) is 2.64. The van der Waals surface area contributed by atoms with Crippen LogP contribution < -0.4 is 4.72 Å². The van der Waals surface area contributed by atoms with Crippen molar-refractivity contribution < 1.29 is 17.2 Å². The molecule has 1 heterocycles. The van der Waals surface area contributed by atoms with E-state index in [9.17, 15) is 17.2 Å². The molecule has 1 aromatic heterocycles. The van der Waals surface area contributed by atoms with E-state index in [1.807, 2.05) is 4.72 Å². The first-order valence-corrected chi connectivity index (χ1v) is 7.69. The van der Waals surface area contributed by atoms with Crippen molar-refractivity contribution in [2.75, 3.05) is 4.72 Å². The number of aromatic nitrogens is 2. The molecule has 5 nitrogen and oxygen atoms in total. The fraction of sp³-hybridized carbons (Fsp3) is 0.182. The van der Waals surface area contributed by atoms with Gasteiger partial charge in [0.15, 0.2) is 11.6 Å². The van der Waals surface area contributed by atoms with Crippen molar-refractivity contribution in [3.63, 3.8) is 0 Å². The Balaban J connectivity index is 2.50. The monoisotopic (exact) mass is 365 g/mol. The van der Waals surface area contributed by atoms with Gasteiger partial charge in [0.05, 0.1) is 11.4 Å². The molecule has 2 aromatic rings. The summed E-state index contributed by atoms with van der Waals surface area (Å²) in [5.41, 5.74) is -0.228. The lowest BCUT2D eigenvalue weighted by molar-refractivity contribution is 0.581. The highest BCUT2D eigenvalue weighted by Gasteiger charge is 2.25. The summed E-state index contributed by atoms with van der Waals surface area (Å²) < 4.78 is 53.8. The average molecular weight is 366 g/mol. The molecule has 0 atom stereocenters. The number of nitrogens with one attached hydrogen (secondary N) is 2. The maximum atomic E-state index is 13.7. The molecule has 0 amide bonds.